The minimum Gasteiger partial charge on any atom is -0.497 e. The number of carbonyl (C=O) groups is 1. The van der Waals surface area contributed by atoms with Gasteiger partial charge in [0, 0.05) is 45.0 Å². The lowest BCUT2D eigenvalue weighted by Gasteiger charge is -2.36. The van der Waals surface area contributed by atoms with Crippen molar-refractivity contribution in [3.63, 3.8) is 0 Å². The van der Waals surface area contributed by atoms with E-state index in [9.17, 15) is 13.2 Å². The molecule has 33 heavy (non-hydrogen) atoms. The highest BCUT2D eigenvalue weighted by Crippen LogP contribution is 2.27. The van der Waals surface area contributed by atoms with E-state index in [1.165, 1.54) is 23.5 Å². The summed E-state index contributed by atoms with van der Waals surface area (Å²) in [6.07, 6.45) is 0. The number of ether oxygens (including phenoxy) is 3. The molecular weight excluding hydrogens is 446 g/mol. The Labute approximate surface area is 194 Å². The molecule has 0 atom stereocenters. The van der Waals surface area contributed by atoms with Gasteiger partial charge >= 0.3 is 0 Å². The molecule has 2 aromatic carbocycles. The molecule has 1 amide bonds. The number of morpholine rings is 1. The van der Waals surface area contributed by atoms with Crippen LogP contribution in [0, 0.1) is 0 Å². The van der Waals surface area contributed by atoms with Crippen LogP contribution in [-0.4, -0.2) is 90.2 Å². The van der Waals surface area contributed by atoms with Crippen molar-refractivity contribution in [2.24, 2.45) is 0 Å². The third kappa shape index (κ3) is 4.92. The van der Waals surface area contributed by atoms with Crippen LogP contribution in [0.4, 0.5) is 5.69 Å². The van der Waals surface area contributed by atoms with E-state index in [1.54, 1.807) is 18.1 Å². The maximum atomic E-state index is 13.3. The number of amides is 1. The molecule has 0 aromatic heterocycles. The molecule has 4 rings (SSSR count). The quantitative estimate of drug-likeness (QED) is 0.628. The Morgan fingerprint density at radius 1 is 0.879 bits per heavy atom. The van der Waals surface area contributed by atoms with Crippen molar-refractivity contribution in [2.75, 3.05) is 71.6 Å². The highest BCUT2D eigenvalue weighted by molar-refractivity contribution is 7.89. The molecular formula is C23H29N3O6S. The van der Waals surface area contributed by atoms with Crippen molar-refractivity contribution >= 4 is 21.6 Å². The lowest BCUT2D eigenvalue weighted by molar-refractivity contribution is 0.0728. The Morgan fingerprint density at radius 2 is 1.55 bits per heavy atom. The van der Waals surface area contributed by atoms with E-state index >= 15 is 0 Å². The Hall–Kier alpha value is -2.82. The van der Waals surface area contributed by atoms with Crippen molar-refractivity contribution < 1.29 is 27.4 Å². The highest BCUT2D eigenvalue weighted by atomic mass is 32.2. The fourth-order valence-electron chi connectivity index (χ4n) is 4.08. The topological polar surface area (TPSA) is 88.6 Å². The van der Waals surface area contributed by atoms with Gasteiger partial charge in [-0.3, -0.25) is 4.79 Å². The highest BCUT2D eigenvalue weighted by Gasteiger charge is 2.30. The molecule has 9 nitrogen and oxygen atoms in total. The summed E-state index contributed by atoms with van der Waals surface area (Å²) in [4.78, 5) is 17.4. The molecule has 0 unspecified atom stereocenters. The van der Waals surface area contributed by atoms with Crippen molar-refractivity contribution in [1.29, 1.82) is 0 Å². The molecule has 0 aliphatic carbocycles. The Bertz CT molecular complexity index is 1080. The van der Waals surface area contributed by atoms with E-state index in [-0.39, 0.29) is 16.4 Å². The standard InChI is InChI=1S/C23H29N3O6S/c1-30-19-5-3-18(4-6-19)24-9-11-25(12-10-24)23(27)21-17-20(7-8-22(21)31-2)33(28,29)26-13-15-32-16-14-26/h3-8,17H,9-16H2,1-2H3. The summed E-state index contributed by atoms with van der Waals surface area (Å²) >= 11 is 0. The van der Waals surface area contributed by atoms with Gasteiger partial charge in [0.05, 0.1) is 37.9 Å². The molecule has 2 aliphatic rings. The molecule has 2 aromatic rings. The van der Waals surface area contributed by atoms with Crippen LogP contribution >= 0.6 is 0 Å². The number of anilines is 1. The van der Waals surface area contributed by atoms with Crippen molar-refractivity contribution in [2.45, 2.75) is 4.90 Å². The largest absolute Gasteiger partial charge is 0.497 e. The minimum atomic E-state index is -3.72. The second-order valence-electron chi connectivity index (χ2n) is 7.86. The molecule has 2 saturated heterocycles. The molecule has 2 aliphatic heterocycles. The second-order valence-corrected chi connectivity index (χ2v) is 9.79. The molecule has 0 N–H and O–H groups in total. The van der Waals surface area contributed by atoms with Gasteiger partial charge in [0.1, 0.15) is 11.5 Å². The number of methoxy groups -OCH3 is 2. The third-order valence-electron chi connectivity index (χ3n) is 6.01. The predicted octanol–water partition coefficient (Wildman–Crippen LogP) is 1.69. The number of rotatable bonds is 6. The molecule has 0 saturated carbocycles. The molecule has 178 valence electrons. The van der Waals surface area contributed by atoms with Crippen LogP contribution in [0.25, 0.3) is 0 Å². The monoisotopic (exact) mass is 475 g/mol. The first-order valence-electron chi connectivity index (χ1n) is 10.9. The molecule has 0 spiro atoms. The van der Waals surface area contributed by atoms with Crippen molar-refractivity contribution in [3.8, 4) is 11.5 Å². The zero-order valence-corrected chi connectivity index (χ0v) is 19.7. The number of benzene rings is 2. The second kappa shape index (κ2) is 9.98. The number of sulfonamides is 1. The van der Waals surface area contributed by atoms with Crippen LogP contribution < -0.4 is 14.4 Å². The summed E-state index contributed by atoms with van der Waals surface area (Å²) in [5.41, 5.74) is 1.32. The lowest BCUT2D eigenvalue weighted by atomic mass is 10.1. The first-order chi connectivity index (χ1) is 15.9. The number of carbonyl (C=O) groups excluding carboxylic acids is 1. The number of hydrogen-bond acceptors (Lipinski definition) is 7. The smallest absolute Gasteiger partial charge is 0.257 e. The first kappa shape index (κ1) is 23.3. The Morgan fingerprint density at radius 3 is 2.15 bits per heavy atom. The van der Waals surface area contributed by atoms with Gasteiger partial charge in [0.15, 0.2) is 0 Å². The van der Waals surface area contributed by atoms with E-state index in [1.807, 2.05) is 24.3 Å². The maximum Gasteiger partial charge on any atom is 0.257 e. The summed E-state index contributed by atoms with van der Waals surface area (Å²) in [5, 5.41) is 0. The van der Waals surface area contributed by atoms with Gasteiger partial charge in [-0.1, -0.05) is 0 Å². The maximum absolute atomic E-state index is 13.3. The SMILES string of the molecule is COc1ccc(N2CCN(C(=O)c3cc(S(=O)(=O)N4CCOCC4)ccc3OC)CC2)cc1. The van der Waals surface area contributed by atoms with E-state index in [0.717, 1.165) is 11.4 Å². The van der Waals surface area contributed by atoms with Crippen LogP contribution in [0.3, 0.4) is 0 Å². The first-order valence-corrected chi connectivity index (χ1v) is 12.3. The van der Waals surface area contributed by atoms with E-state index in [2.05, 4.69) is 4.90 Å². The number of nitrogens with zero attached hydrogens (tertiary/aromatic N) is 3. The van der Waals surface area contributed by atoms with Gasteiger partial charge in [-0.15, -0.1) is 0 Å². The van der Waals surface area contributed by atoms with Crippen LogP contribution in [0.5, 0.6) is 11.5 Å². The normalized spacial score (nSPS) is 17.6. The van der Waals surface area contributed by atoms with Crippen LogP contribution in [0.1, 0.15) is 10.4 Å². The molecule has 0 radical (unpaired) electrons. The Balaban J connectivity index is 1.50. The molecule has 2 heterocycles. The molecule has 10 heteroatoms. The van der Waals surface area contributed by atoms with Gasteiger partial charge in [-0.2, -0.15) is 4.31 Å². The predicted molar refractivity (Wildman–Crippen MR) is 124 cm³/mol. The summed E-state index contributed by atoms with van der Waals surface area (Å²) < 4.78 is 43.4. The lowest BCUT2D eigenvalue weighted by Crippen LogP contribution is -2.48. The zero-order chi connectivity index (χ0) is 23.4. The van der Waals surface area contributed by atoms with Gasteiger partial charge in [0.2, 0.25) is 10.0 Å². The fourth-order valence-corrected chi connectivity index (χ4v) is 5.52. The van der Waals surface area contributed by atoms with E-state index < -0.39 is 10.0 Å². The van der Waals surface area contributed by atoms with E-state index in [4.69, 9.17) is 14.2 Å². The third-order valence-corrected chi connectivity index (χ3v) is 7.91. The van der Waals surface area contributed by atoms with Crippen LogP contribution in [-0.2, 0) is 14.8 Å². The van der Waals surface area contributed by atoms with Gasteiger partial charge < -0.3 is 24.0 Å². The fraction of sp³-hybridized carbons (Fsp3) is 0.435. The van der Waals surface area contributed by atoms with Crippen molar-refractivity contribution in [3.05, 3.63) is 48.0 Å². The molecule has 2 fully saturated rings. The van der Waals surface area contributed by atoms with Gasteiger partial charge in [0.25, 0.3) is 5.91 Å². The molecule has 0 bridgehead atoms. The summed E-state index contributed by atoms with van der Waals surface area (Å²) in [6, 6.07) is 12.3. The summed E-state index contributed by atoms with van der Waals surface area (Å²) in [5.74, 6) is 0.922. The summed E-state index contributed by atoms with van der Waals surface area (Å²) in [7, 11) is -0.606. The number of hydrogen-bond donors (Lipinski definition) is 0. The van der Waals surface area contributed by atoms with Gasteiger partial charge in [-0.25, -0.2) is 8.42 Å². The average molecular weight is 476 g/mol. The van der Waals surface area contributed by atoms with Crippen molar-refractivity contribution in [1.82, 2.24) is 9.21 Å². The van der Waals surface area contributed by atoms with Crippen LogP contribution in [0.15, 0.2) is 47.4 Å². The van der Waals surface area contributed by atoms with Crippen LogP contribution in [0.2, 0.25) is 0 Å². The van der Waals surface area contributed by atoms with E-state index in [0.29, 0.717) is 58.2 Å². The zero-order valence-electron chi connectivity index (χ0n) is 18.9. The average Bonchev–Trinajstić information content (AvgIpc) is 2.88. The summed E-state index contributed by atoms with van der Waals surface area (Å²) in [6.45, 7) is 3.70. The Kier molecular flexibility index (Phi) is 7.06. The minimum absolute atomic E-state index is 0.0884. The van der Waals surface area contributed by atoms with Gasteiger partial charge in [-0.05, 0) is 42.5 Å². The number of piperazine rings is 1.